The fourth-order valence-electron chi connectivity index (χ4n) is 4.12. The minimum Gasteiger partial charge on any atom is -0.384 e. The number of benzene rings is 1. The van der Waals surface area contributed by atoms with Gasteiger partial charge in [0, 0.05) is 18.2 Å². The molecule has 1 fully saturated rings. The third kappa shape index (κ3) is 2.02. The lowest BCUT2D eigenvalue weighted by atomic mass is 9.96. The molecular weight excluding hydrogens is 305 g/mol. The number of hydrogen-bond acceptors (Lipinski definition) is 4. The van der Waals surface area contributed by atoms with E-state index >= 15 is 0 Å². The van der Waals surface area contributed by atoms with Crippen LogP contribution in [0.25, 0.3) is 11.0 Å². The Labute approximate surface area is 138 Å². The highest BCUT2D eigenvalue weighted by molar-refractivity contribution is 5.79. The van der Waals surface area contributed by atoms with Crippen molar-refractivity contribution in [2.75, 3.05) is 11.9 Å². The summed E-state index contributed by atoms with van der Waals surface area (Å²) in [6.07, 6.45) is 8.32. The van der Waals surface area contributed by atoms with Crippen LogP contribution in [0.3, 0.4) is 0 Å². The normalized spacial score (nSPS) is 20.5. The second-order valence-corrected chi connectivity index (χ2v) is 6.69. The lowest BCUT2D eigenvalue weighted by Crippen LogP contribution is -2.09. The molecule has 6 heteroatoms. The van der Waals surface area contributed by atoms with Gasteiger partial charge in [-0.25, -0.2) is 19.0 Å². The van der Waals surface area contributed by atoms with Gasteiger partial charge >= 0.3 is 0 Å². The standard InChI is InChI=1S/C18H18FN5/c19-11-5-6-16-13(7-11)14(8-20-16)17-15-9-23-24(12-3-1-2-4-12)18(15)22-10-21-17/h5-7,9-10,12,14,20H,1-4,8H2. The molecule has 1 N–H and O–H groups in total. The molecule has 0 spiro atoms. The summed E-state index contributed by atoms with van der Waals surface area (Å²) in [6, 6.07) is 5.33. The Morgan fingerprint density at radius 1 is 1.17 bits per heavy atom. The summed E-state index contributed by atoms with van der Waals surface area (Å²) >= 11 is 0. The maximum Gasteiger partial charge on any atom is 0.161 e. The average Bonchev–Trinajstić information content (AvgIpc) is 3.32. The molecule has 5 nitrogen and oxygen atoms in total. The van der Waals surface area contributed by atoms with Gasteiger partial charge in [0.1, 0.15) is 12.1 Å². The van der Waals surface area contributed by atoms with Crippen molar-refractivity contribution in [3.63, 3.8) is 0 Å². The van der Waals surface area contributed by atoms with Gasteiger partial charge in [0.15, 0.2) is 5.65 Å². The van der Waals surface area contributed by atoms with Gasteiger partial charge in [0.25, 0.3) is 0 Å². The third-order valence-electron chi connectivity index (χ3n) is 5.31. The van der Waals surface area contributed by atoms with E-state index in [0.29, 0.717) is 6.04 Å². The van der Waals surface area contributed by atoms with Crippen LogP contribution in [0.1, 0.15) is 48.9 Å². The van der Waals surface area contributed by atoms with Gasteiger partial charge in [-0.05, 0) is 36.6 Å². The number of hydrogen-bond donors (Lipinski definition) is 1. The van der Waals surface area contributed by atoms with E-state index in [4.69, 9.17) is 0 Å². The van der Waals surface area contributed by atoms with E-state index in [1.165, 1.54) is 18.9 Å². The first-order valence-corrected chi connectivity index (χ1v) is 8.52. The molecule has 1 aliphatic carbocycles. The molecule has 3 aromatic rings. The van der Waals surface area contributed by atoms with Gasteiger partial charge in [-0.2, -0.15) is 5.10 Å². The average molecular weight is 323 g/mol. The number of nitrogens with zero attached hydrogens (tertiary/aromatic N) is 4. The molecule has 0 bridgehead atoms. The van der Waals surface area contributed by atoms with E-state index < -0.39 is 0 Å². The minimum absolute atomic E-state index is 0.0300. The predicted molar refractivity (Wildman–Crippen MR) is 89.6 cm³/mol. The topological polar surface area (TPSA) is 55.6 Å². The molecule has 1 atom stereocenters. The van der Waals surface area contributed by atoms with Crippen LogP contribution in [0.4, 0.5) is 10.1 Å². The van der Waals surface area contributed by atoms with E-state index in [2.05, 4.69) is 25.1 Å². The Morgan fingerprint density at radius 3 is 2.92 bits per heavy atom. The van der Waals surface area contributed by atoms with E-state index in [-0.39, 0.29) is 11.7 Å². The van der Waals surface area contributed by atoms with Crippen LogP contribution in [0, 0.1) is 5.82 Å². The van der Waals surface area contributed by atoms with Crippen molar-refractivity contribution in [2.45, 2.75) is 37.6 Å². The Morgan fingerprint density at radius 2 is 2.04 bits per heavy atom. The van der Waals surface area contributed by atoms with Crippen LogP contribution in [0.5, 0.6) is 0 Å². The van der Waals surface area contributed by atoms with Gasteiger partial charge in [-0.1, -0.05) is 12.8 Å². The smallest absolute Gasteiger partial charge is 0.161 e. The van der Waals surface area contributed by atoms with Crippen molar-refractivity contribution in [2.24, 2.45) is 0 Å². The largest absolute Gasteiger partial charge is 0.384 e. The first-order valence-electron chi connectivity index (χ1n) is 8.52. The van der Waals surface area contributed by atoms with Gasteiger partial charge < -0.3 is 5.32 Å². The highest BCUT2D eigenvalue weighted by Crippen LogP contribution is 2.39. The SMILES string of the molecule is Fc1ccc2c(c1)C(c1ncnc3c1cnn3C1CCCC1)CN2. The molecule has 0 saturated heterocycles. The quantitative estimate of drug-likeness (QED) is 0.782. The summed E-state index contributed by atoms with van der Waals surface area (Å²) < 4.78 is 15.8. The van der Waals surface area contributed by atoms with Crippen LogP contribution >= 0.6 is 0 Å². The van der Waals surface area contributed by atoms with Gasteiger partial charge in [0.2, 0.25) is 0 Å². The predicted octanol–water partition coefficient (Wildman–Crippen LogP) is 3.64. The first kappa shape index (κ1) is 13.9. The Bertz CT molecular complexity index is 913. The molecule has 2 aromatic heterocycles. The molecule has 1 aromatic carbocycles. The highest BCUT2D eigenvalue weighted by atomic mass is 19.1. The van der Waals surface area contributed by atoms with Crippen molar-refractivity contribution < 1.29 is 4.39 Å². The third-order valence-corrected chi connectivity index (χ3v) is 5.31. The van der Waals surface area contributed by atoms with E-state index in [0.717, 1.165) is 47.4 Å². The maximum atomic E-state index is 13.7. The second kappa shape index (κ2) is 5.26. The van der Waals surface area contributed by atoms with E-state index in [9.17, 15) is 4.39 Å². The molecule has 1 saturated carbocycles. The van der Waals surface area contributed by atoms with Crippen LogP contribution in [0.15, 0.2) is 30.7 Å². The van der Waals surface area contributed by atoms with Crippen molar-refractivity contribution >= 4 is 16.7 Å². The minimum atomic E-state index is -0.214. The summed E-state index contributed by atoms with van der Waals surface area (Å²) in [5.41, 5.74) is 3.78. The second-order valence-electron chi connectivity index (χ2n) is 6.69. The first-order chi connectivity index (χ1) is 11.8. The van der Waals surface area contributed by atoms with Gasteiger partial charge in [-0.3, -0.25) is 0 Å². The summed E-state index contributed by atoms with van der Waals surface area (Å²) in [7, 11) is 0. The summed E-state index contributed by atoms with van der Waals surface area (Å²) in [6.45, 7) is 0.722. The summed E-state index contributed by atoms with van der Waals surface area (Å²) in [5.74, 6) is -0.183. The fraction of sp³-hybridized carbons (Fsp3) is 0.389. The molecule has 1 unspecified atom stereocenters. The van der Waals surface area contributed by atoms with E-state index in [1.807, 2.05) is 6.20 Å². The molecule has 1 aliphatic heterocycles. The van der Waals surface area contributed by atoms with Gasteiger partial charge in [0.05, 0.1) is 23.3 Å². The van der Waals surface area contributed by atoms with Crippen molar-refractivity contribution in [3.8, 4) is 0 Å². The van der Waals surface area contributed by atoms with E-state index in [1.54, 1.807) is 18.5 Å². The maximum absolute atomic E-state index is 13.7. The monoisotopic (exact) mass is 323 g/mol. The number of fused-ring (bicyclic) bond motifs is 2. The lowest BCUT2D eigenvalue weighted by Gasteiger charge is -2.13. The van der Waals surface area contributed by atoms with Crippen molar-refractivity contribution in [1.82, 2.24) is 19.7 Å². The van der Waals surface area contributed by atoms with Crippen LogP contribution in [0.2, 0.25) is 0 Å². The van der Waals surface area contributed by atoms with Gasteiger partial charge in [-0.15, -0.1) is 0 Å². The zero-order valence-corrected chi connectivity index (χ0v) is 13.2. The summed E-state index contributed by atoms with van der Waals surface area (Å²) in [5, 5.41) is 8.93. The Kier molecular flexibility index (Phi) is 3.04. The van der Waals surface area contributed by atoms with Crippen molar-refractivity contribution in [3.05, 3.63) is 47.8 Å². The molecule has 2 aliphatic rings. The number of aromatic nitrogens is 4. The zero-order valence-electron chi connectivity index (χ0n) is 13.2. The lowest BCUT2D eigenvalue weighted by molar-refractivity contribution is 0.478. The molecule has 0 radical (unpaired) electrons. The zero-order chi connectivity index (χ0) is 16.1. The van der Waals surface area contributed by atoms with Crippen LogP contribution in [-0.4, -0.2) is 26.3 Å². The number of nitrogens with one attached hydrogen (secondary N) is 1. The summed E-state index contributed by atoms with van der Waals surface area (Å²) in [4.78, 5) is 9.02. The molecular formula is C18H18FN5. The molecule has 122 valence electrons. The number of anilines is 1. The molecule has 0 amide bonds. The number of rotatable bonds is 2. The Hall–Kier alpha value is -2.50. The van der Waals surface area contributed by atoms with Crippen molar-refractivity contribution in [1.29, 1.82) is 0 Å². The fourth-order valence-corrected chi connectivity index (χ4v) is 4.12. The highest BCUT2D eigenvalue weighted by Gasteiger charge is 2.29. The van der Waals surface area contributed by atoms with Crippen LogP contribution < -0.4 is 5.32 Å². The molecule has 3 heterocycles. The Balaban J connectivity index is 1.63. The number of halogens is 1. The molecule has 24 heavy (non-hydrogen) atoms. The van der Waals surface area contributed by atoms with Crippen LogP contribution in [-0.2, 0) is 0 Å². The molecule has 5 rings (SSSR count).